The Hall–Kier alpha value is -1.99. The van der Waals surface area contributed by atoms with E-state index in [-0.39, 0.29) is 18.3 Å². The van der Waals surface area contributed by atoms with Crippen molar-refractivity contribution in [1.29, 1.82) is 0 Å². The van der Waals surface area contributed by atoms with Gasteiger partial charge >= 0.3 is 6.61 Å². The first kappa shape index (κ1) is 19.9. The maximum atomic E-state index is 14.9. The van der Waals surface area contributed by atoms with Gasteiger partial charge in [-0.25, -0.2) is 4.39 Å². The van der Waals surface area contributed by atoms with E-state index in [0.29, 0.717) is 22.9 Å². The van der Waals surface area contributed by atoms with E-state index in [4.69, 9.17) is 4.74 Å². The number of aromatic amines is 1. The lowest BCUT2D eigenvalue weighted by Crippen LogP contribution is -2.46. The van der Waals surface area contributed by atoms with Crippen LogP contribution in [-0.4, -0.2) is 34.8 Å². The summed E-state index contributed by atoms with van der Waals surface area (Å²) in [5.41, 5.74) is 2.50. The van der Waals surface area contributed by atoms with E-state index in [9.17, 15) is 13.2 Å². The fraction of sp³-hybridized carbons (Fsp3) is 0.391. The van der Waals surface area contributed by atoms with E-state index >= 15 is 0 Å². The predicted octanol–water partition coefficient (Wildman–Crippen LogP) is 6.37. The number of para-hydroxylation sites is 1. The molecule has 2 atom stereocenters. The molecule has 1 saturated carbocycles. The van der Waals surface area contributed by atoms with Crippen LogP contribution in [0.2, 0.25) is 0 Å². The second-order valence-corrected chi connectivity index (χ2v) is 9.32. The van der Waals surface area contributed by atoms with Gasteiger partial charge in [0.1, 0.15) is 11.4 Å². The van der Waals surface area contributed by atoms with Gasteiger partial charge in [-0.2, -0.15) is 8.78 Å². The summed E-state index contributed by atoms with van der Waals surface area (Å²) in [6.45, 7) is -0.584. The zero-order valence-electron chi connectivity index (χ0n) is 16.5. The van der Waals surface area contributed by atoms with Gasteiger partial charge in [-0.3, -0.25) is 4.90 Å². The van der Waals surface area contributed by atoms with E-state index in [1.54, 1.807) is 12.1 Å². The van der Waals surface area contributed by atoms with Crippen molar-refractivity contribution in [3.63, 3.8) is 0 Å². The molecule has 7 heteroatoms. The Kier molecular flexibility index (Phi) is 4.86. The summed E-state index contributed by atoms with van der Waals surface area (Å²) in [6, 6.07) is 12.9. The standard InChI is InChI=1S/C23H22BrF3N2O/c1-13-10-17-15-4-2-3-5-18(15)28-20(17)21(29(13)12-23(27)8-9-23)16-7-6-14(24)11-19(16)30-22(25)26/h2-7,11,13,21-22,28H,8-10,12H2,1H3/t13-,21-/m1/s1. The molecule has 1 aliphatic carbocycles. The average molecular weight is 479 g/mol. The molecule has 3 nitrogen and oxygen atoms in total. The van der Waals surface area contributed by atoms with Gasteiger partial charge in [-0.05, 0) is 49.9 Å². The lowest BCUT2D eigenvalue weighted by Gasteiger charge is -2.42. The minimum absolute atomic E-state index is 0.0537. The number of ether oxygens (including phenoxy) is 1. The van der Waals surface area contributed by atoms with Crippen LogP contribution < -0.4 is 4.74 Å². The predicted molar refractivity (Wildman–Crippen MR) is 114 cm³/mol. The number of fused-ring (bicyclic) bond motifs is 3. The number of halogens is 4. The molecule has 0 spiro atoms. The van der Waals surface area contributed by atoms with Crippen molar-refractivity contribution in [3.8, 4) is 5.75 Å². The molecule has 1 fully saturated rings. The molecule has 0 bridgehead atoms. The fourth-order valence-electron chi connectivity index (χ4n) is 4.64. The quantitative estimate of drug-likeness (QED) is 0.461. The average Bonchev–Trinajstić information content (AvgIpc) is 3.31. The first-order valence-corrected chi connectivity index (χ1v) is 10.9. The topological polar surface area (TPSA) is 28.3 Å². The van der Waals surface area contributed by atoms with Gasteiger partial charge < -0.3 is 9.72 Å². The van der Waals surface area contributed by atoms with Crippen LogP contribution in [0, 0.1) is 0 Å². The highest BCUT2D eigenvalue weighted by molar-refractivity contribution is 9.10. The lowest BCUT2D eigenvalue weighted by molar-refractivity contribution is -0.0514. The smallest absolute Gasteiger partial charge is 0.387 e. The maximum Gasteiger partial charge on any atom is 0.387 e. The number of aromatic nitrogens is 1. The number of hydrogen-bond donors (Lipinski definition) is 1. The Morgan fingerprint density at radius 3 is 2.73 bits per heavy atom. The van der Waals surface area contributed by atoms with Crippen LogP contribution in [0.4, 0.5) is 13.2 Å². The molecule has 2 aliphatic rings. The molecule has 0 saturated heterocycles. The number of nitrogens with zero attached hydrogens (tertiary/aromatic N) is 1. The molecule has 3 aromatic rings. The van der Waals surface area contributed by atoms with Crippen molar-refractivity contribution in [1.82, 2.24) is 9.88 Å². The minimum Gasteiger partial charge on any atom is -0.434 e. The normalized spacial score (nSPS) is 23.0. The summed E-state index contributed by atoms with van der Waals surface area (Å²) >= 11 is 3.35. The Balaban J connectivity index is 1.70. The van der Waals surface area contributed by atoms with Crippen molar-refractivity contribution in [2.24, 2.45) is 0 Å². The molecule has 30 heavy (non-hydrogen) atoms. The summed E-state index contributed by atoms with van der Waals surface area (Å²) in [5, 5.41) is 1.12. The van der Waals surface area contributed by atoms with E-state index in [1.807, 2.05) is 24.3 Å². The second-order valence-electron chi connectivity index (χ2n) is 8.40. The van der Waals surface area contributed by atoms with E-state index in [0.717, 1.165) is 28.6 Å². The summed E-state index contributed by atoms with van der Waals surface area (Å²) < 4.78 is 46.8. The molecule has 1 aromatic heterocycles. The van der Waals surface area contributed by atoms with Gasteiger partial charge in [0.15, 0.2) is 0 Å². The van der Waals surface area contributed by atoms with E-state index in [2.05, 4.69) is 38.8 Å². The number of H-pyrrole nitrogens is 1. The Labute approximate surface area is 181 Å². The molecule has 0 amide bonds. The Morgan fingerprint density at radius 2 is 2.00 bits per heavy atom. The van der Waals surface area contributed by atoms with Gasteiger partial charge in [0.25, 0.3) is 0 Å². The van der Waals surface area contributed by atoms with Crippen LogP contribution in [-0.2, 0) is 6.42 Å². The summed E-state index contributed by atoms with van der Waals surface area (Å²) in [7, 11) is 0. The van der Waals surface area contributed by atoms with Gasteiger partial charge in [-0.15, -0.1) is 0 Å². The SMILES string of the molecule is C[C@@H]1Cc2c([nH]c3ccccc23)[C@@H](c2ccc(Br)cc2OC(F)F)N1CC1(F)CC1. The van der Waals surface area contributed by atoms with Gasteiger partial charge in [0.2, 0.25) is 0 Å². The number of benzene rings is 2. The molecule has 2 heterocycles. The molecule has 158 valence electrons. The molecular formula is C23H22BrF3N2O. The highest BCUT2D eigenvalue weighted by Crippen LogP contribution is 2.48. The molecule has 0 radical (unpaired) electrons. The third kappa shape index (κ3) is 3.52. The van der Waals surface area contributed by atoms with Crippen molar-refractivity contribution in [2.75, 3.05) is 6.54 Å². The van der Waals surface area contributed by atoms with Crippen LogP contribution in [0.1, 0.15) is 42.6 Å². The summed E-state index contributed by atoms with van der Waals surface area (Å²) in [6.07, 6.45) is 1.86. The summed E-state index contributed by atoms with van der Waals surface area (Å²) in [5.74, 6) is 0.108. The number of rotatable bonds is 5. The monoisotopic (exact) mass is 478 g/mol. The van der Waals surface area contributed by atoms with Crippen molar-refractivity contribution in [3.05, 3.63) is 63.8 Å². The molecule has 0 unspecified atom stereocenters. The van der Waals surface area contributed by atoms with Gasteiger partial charge in [0, 0.05) is 39.2 Å². The van der Waals surface area contributed by atoms with Crippen LogP contribution >= 0.6 is 15.9 Å². The van der Waals surface area contributed by atoms with Crippen molar-refractivity contribution < 1.29 is 17.9 Å². The first-order valence-electron chi connectivity index (χ1n) is 10.1. The zero-order valence-corrected chi connectivity index (χ0v) is 18.1. The van der Waals surface area contributed by atoms with Gasteiger partial charge in [-0.1, -0.05) is 40.2 Å². The van der Waals surface area contributed by atoms with E-state index < -0.39 is 18.3 Å². The van der Waals surface area contributed by atoms with Crippen LogP contribution in [0.5, 0.6) is 5.75 Å². The Bertz CT molecular complexity index is 1100. The zero-order chi connectivity index (χ0) is 21.0. The second kappa shape index (κ2) is 7.31. The fourth-order valence-corrected chi connectivity index (χ4v) is 4.98. The number of nitrogens with one attached hydrogen (secondary N) is 1. The van der Waals surface area contributed by atoms with Crippen molar-refractivity contribution >= 4 is 26.8 Å². The van der Waals surface area contributed by atoms with Crippen molar-refractivity contribution in [2.45, 2.75) is 50.6 Å². The molecular weight excluding hydrogens is 457 g/mol. The highest BCUT2D eigenvalue weighted by atomic mass is 79.9. The van der Waals surface area contributed by atoms with Crippen LogP contribution in [0.25, 0.3) is 10.9 Å². The Morgan fingerprint density at radius 1 is 1.23 bits per heavy atom. The molecule has 5 rings (SSSR count). The number of hydrogen-bond acceptors (Lipinski definition) is 2. The lowest BCUT2D eigenvalue weighted by atomic mass is 9.88. The highest BCUT2D eigenvalue weighted by Gasteiger charge is 2.48. The third-order valence-electron chi connectivity index (χ3n) is 6.26. The summed E-state index contributed by atoms with van der Waals surface area (Å²) in [4.78, 5) is 5.60. The molecule has 1 aliphatic heterocycles. The molecule has 2 aromatic carbocycles. The van der Waals surface area contributed by atoms with E-state index in [1.165, 1.54) is 0 Å². The van der Waals surface area contributed by atoms with Crippen LogP contribution in [0.3, 0.4) is 0 Å². The van der Waals surface area contributed by atoms with Crippen LogP contribution in [0.15, 0.2) is 46.9 Å². The maximum absolute atomic E-state index is 14.9. The number of alkyl halides is 3. The minimum atomic E-state index is -2.94. The largest absolute Gasteiger partial charge is 0.434 e. The van der Waals surface area contributed by atoms with Gasteiger partial charge in [0.05, 0.1) is 6.04 Å². The third-order valence-corrected chi connectivity index (χ3v) is 6.76. The first-order chi connectivity index (χ1) is 14.3. The molecule has 1 N–H and O–H groups in total.